The number of carbonyl (C=O) groups is 1. The van der Waals surface area contributed by atoms with Crippen molar-refractivity contribution in [3.8, 4) is 0 Å². The van der Waals surface area contributed by atoms with Crippen molar-refractivity contribution in [1.29, 1.82) is 0 Å². The molecule has 1 saturated carbocycles. The Morgan fingerprint density at radius 1 is 1.06 bits per heavy atom. The van der Waals surface area contributed by atoms with Gasteiger partial charge >= 0.3 is 0 Å². The Morgan fingerprint density at radius 2 is 1.75 bits per heavy atom. The molecule has 1 saturated heterocycles. The van der Waals surface area contributed by atoms with Gasteiger partial charge in [0.05, 0.1) is 23.5 Å². The van der Waals surface area contributed by atoms with E-state index in [1.165, 1.54) is 0 Å². The number of hydrogen-bond acceptors (Lipinski definition) is 5. The molecule has 0 unspecified atom stereocenters. The third-order valence-corrected chi connectivity index (χ3v) is 7.85. The predicted molar refractivity (Wildman–Crippen MR) is 124 cm³/mol. The molecule has 0 spiro atoms. The lowest BCUT2D eigenvalue weighted by molar-refractivity contribution is -0.123. The van der Waals surface area contributed by atoms with Crippen LogP contribution in [-0.4, -0.2) is 58.6 Å². The number of nitrogens with one attached hydrogen (secondary N) is 2. The highest BCUT2D eigenvalue weighted by molar-refractivity contribution is 7.92. The van der Waals surface area contributed by atoms with E-state index < -0.39 is 15.4 Å². The second kappa shape index (κ2) is 9.21. The highest BCUT2D eigenvalue weighted by Crippen LogP contribution is 2.48. The van der Waals surface area contributed by atoms with Gasteiger partial charge in [-0.2, -0.15) is 0 Å². The molecule has 1 aliphatic carbocycles. The van der Waals surface area contributed by atoms with E-state index in [0.717, 1.165) is 56.8 Å². The van der Waals surface area contributed by atoms with Crippen molar-refractivity contribution in [2.75, 3.05) is 44.1 Å². The minimum Gasteiger partial charge on any atom is -0.379 e. The fourth-order valence-corrected chi connectivity index (χ4v) is 5.55. The van der Waals surface area contributed by atoms with E-state index in [0.29, 0.717) is 17.8 Å². The Balaban J connectivity index is 1.38. The number of nitrogens with zero attached hydrogens (tertiary/aromatic N) is 1. The van der Waals surface area contributed by atoms with E-state index in [1.54, 1.807) is 25.1 Å². The van der Waals surface area contributed by atoms with Crippen molar-refractivity contribution in [2.24, 2.45) is 0 Å². The molecule has 2 aromatic rings. The third-order valence-electron chi connectivity index (χ3n) is 6.32. The smallest absolute Gasteiger partial charge is 0.262 e. The van der Waals surface area contributed by atoms with Gasteiger partial charge in [0.1, 0.15) is 0 Å². The third kappa shape index (κ3) is 4.98. The maximum atomic E-state index is 12.9. The van der Waals surface area contributed by atoms with Crippen LogP contribution < -0.4 is 10.0 Å². The van der Waals surface area contributed by atoms with Crippen LogP contribution in [0.4, 0.5) is 5.69 Å². The molecule has 0 radical (unpaired) electrons. The zero-order valence-corrected chi connectivity index (χ0v) is 19.5. The maximum Gasteiger partial charge on any atom is 0.262 e. The van der Waals surface area contributed by atoms with E-state index in [1.807, 2.05) is 31.2 Å². The second-order valence-electron chi connectivity index (χ2n) is 8.74. The number of anilines is 1. The maximum absolute atomic E-state index is 12.9. The molecule has 7 nitrogen and oxygen atoms in total. The Kier molecular flexibility index (Phi) is 6.55. The first-order valence-corrected chi connectivity index (χ1v) is 12.6. The molecule has 32 heavy (non-hydrogen) atoms. The number of benzene rings is 2. The lowest BCUT2D eigenvalue weighted by Crippen LogP contribution is -2.43. The van der Waals surface area contributed by atoms with Crippen LogP contribution >= 0.6 is 0 Å². The van der Waals surface area contributed by atoms with Crippen LogP contribution in [-0.2, 0) is 25.0 Å². The fraction of sp³-hybridized carbons (Fsp3) is 0.458. The van der Waals surface area contributed by atoms with Crippen LogP contribution in [0.3, 0.4) is 0 Å². The SMILES string of the molecule is Cc1ccc(C)c(S(=O)(=O)Nc2ccc(C3(C(=O)NCCN4CCOCC4)CC3)cc2)c1. The number of sulfonamides is 1. The van der Waals surface area contributed by atoms with Gasteiger partial charge in [-0.3, -0.25) is 14.4 Å². The number of hydrogen-bond donors (Lipinski definition) is 2. The lowest BCUT2D eigenvalue weighted by atomic mass is 9.95. The van der Waals surface area contributed by atoms with Gasteiger partial charge in [-0.1, -0.05) is 24.3 Å². The van der Waals surface area contributed by atoms with Gasteiger partial charge in [0, 0.05) is 31.9 Å². The van der Waals surface area contributed by atoms with Crippen LogP contribution in [0.5, 0.6) is 0 Å². The molecule has 1 heterocycles. The summed E-state index contributed by atoms with van der Waals surface area (Å²) >= 11 is 0. The summed E-state index contributed by atoms with van der Waals surface area (Å²) in [5.74, 6) is 0.0504. The Morgan fingerprint density at radius 3 is 2.41 bits per heavy atom. The van der Waals surface area contributed by atoms with Gasteiger partial charge in [0.25, 0.3) is 10.0 Å². The predicted octanol–water partition coefficient (Wildman–Crippen LogP) is 2.58. The summed E-state index contributed by atoms with van der Waals surface area (Å²) in [4.78, 5) is 15.4. The number of morpholine rings is 1. The van der Waals surface area contributed by atoms with Crippen molar-refractivity contribution >= 4 is 21.6 Å². The summed E-state index contributed by atoms with van der Waals surface area (Å²) in [6.07, 6.45) is 1.62. The molecule has 4 rings (SSSR count). The van der Waals surface area contributed by atoms with Gasteiger partial charge in [-0.05, 0) is 61.6 Å². The average Bonchev–Trinajstić information content (AvgIpc) is 3.58. The van der Waals surface area contributed by atoms with E-state index in [-0.39, 0.29) is 10.8 Å². The first-order chi connectivity index (χ1) is 15.3. The van der Waals surface area contributed by atoms with Crippen LogP contribution in [0.2, 0.25) is 0 Å². The van der Waals surface area contributed by atoms with Crippen molar-refractivity contribution in [2.45, 2.75) is 37.0 Å². The van der Waals surface area contributed by atoms with Gasteiger partial charge in [0.2, 0.25) is 5.91 Å². The Bertz CT molecular complexity index is 1070. The van der Waals surface area contributed by atoms with Gasteiger partial charge in [-0.15, -0.1) is 0 Å². The molecule has 2 aromatic carbocycles. The molecule has 0 aromatic heterocycles. The van der Waals surface area contributed by atoms with Crippen molar-refractivity contribution in [3.05, 3.63) is 59.2 Å². The van der Waals surface area contributed by atoms with Crippen LogP contribution in [0.1, 0.15) is 29.5 Å². The highest BCUT2D eigenvalue weighted by atomic mass is 32.2. The molecule has 1 amide bonds. The van der Waals surface area contributed by atoms with E-state index >= 15 is 0 Å². The van der Waals surface area contributed by atoms with E-state index in [4.69, 9.17) is 4.74 Å². The van der Waals surface area contributed by atoms with Gasteiger partial charge in [-0.25, -0.2) is 8.42 Å². The summed E-state index contributed by atoms with van der Waals surface area (Å²) in [7, 11) is -3.68. The molecule has 0 atom stereocenters. The standard InChI is InChI=1S/C24H31N3O4S/c1-18-3-4-19(2)22(17-18)32(29,30)26-21-7-5-20(6-8-21)24(9-10-24)23(28)25-11-12-27-13-15-31-16-14-27/h3-8,17,26H,9-16H2,1-2H3,(H,25,28). The van der Waals surface area contributed by atoms with Crippen LogP contribution in [0.25, 0.3) is 0 Å². The molecule has 2 aliphatic rings. The number of carbonyl (C=O) groups excluding carboxylic acids is 1. The van der Waals surface area contributed by atoms with Crippen molar-refractivity contribution < 1.29 is 17.9 Å². The lowest BCUT2D eigenvalue weighted by Gasteiger charge is -2.27. The molecule has 8 heteroatoms. The number of rotatable bonds is 8. The Hall–Kier alpha value is -2.42. The Labute approximate surface area is 190 Å². The monoisotopic (exact) mass is 457 g/mol. The molecule has 2 N–H and O–H groups in total. The molecule has 0 bridgehead atoms. The quantitative estimate of drug-likeness (QED) is 0.636. The van der Waals surface area contributed by atoms with Gasteiger partial charge < -0.3 is 10.1 Å². The molecule has 2 fully saturated rings. The van der Waals surface area contributed by atoms with Gasteiger partial charge in [0.15, 0.2) is 0 Å². The summed E-state index contributed by atoms with van der Waals surface area (Å²) in [5, 5.41) is 3.08. The first kappa shape index (κ1) is 22.8. The molecule has 172 valence electrons. The van der Waals surface area contributed by atoms with E-state index in [9.17, 15) is 13.2 Å². The van der Waals surface area contributed by atoms with E-state index in [2.05, 4.69) is 14.9 Å². The zero-order chi connectivity index (χ0) is 22.8. The normalized spacial score (nSPS) is 18.2. The summed E-state index contributed by atoms with van der Waals surface area (Å²) in [5.41, 5.74) is 2.51. The molecule has 1 aliphatic heterocycles. The molecular formula is C24H31N3O4S. The van der Waals surface area contributed by atoms with Crippen LogP contribution in [0, 0.1) is 13.8 Å². The van der Waals surface area contributed by atoms with Crippen molar-refractivity contribution in [3.63, 3.8) is 0 Å². The minimum atomic E-state index is -3.68. The van der Waals surface area contributed by atoms with Crippen molar-refractivity contribution in [1.82, 2.24) is 10.2 Å². The zero-order valence-electron chi connectivity index (χ0n) is 18.7. The number of ether oxygens (including phenoxy) is 1. The minimum absolute atomic E-state index is 0.0504. The summed E-state index contributed by atoms with van der Waals surface area (Å²) in [6.45, 7) is 8.40. The topological polar surface area (TPSA) is 87.7 Å². The number of aryl methyl sites for hydroxylation is 2. The first-order valence-electron chi connectivity index (χ1n) is 11.1. The second-order valence-corrected chi connectivity index (χ2v) is 10.4. The molecular weight excluding hydrogens is 426 g/mol. The largest absolute Gasteiger partial charge is 0.379 e. The number of amides is 1. The fourth-order valence-electron chi connectivity index (χ4n) is 4.16. The average molecular weight is 458 g/mol. The summed E-state index contributed by atoms with van der Waals surface area (Å²) < 4.78 is 33.7. The highest BCUT2D eigenvalue weighted by Gasteiger charge is 2.51. The van der Waals surface area contributed by atoms with Crippen LogP contribution in [0.15, 0.2) is 47.4 Å². The summed E-state index contributed by atoms with van der Waals surface area (Å²) in [6, 6.07) is 12.6.